The summed E-state index contributed by atoms with van der Waals surface area (Å²) < 4.78 is 79.6. The highest BCUT2D eigenvalue weighted by atomic mass is 32.1. The topological polar surface area (TPSA) is 142 Å². The highest BCUT2D eigenvalue weighted by Gasteiger charge is 2.28. The number of fused-ring (bicyclic) bond motifs is 2. The van der Waals surface area contributed by atoms with Gasteiger partial charge in [-0.1, -0.05) is 109 Å². The number of aliphatic hydroxyl groups is 2. The Morgan fingerprint density at radius 3 is 1.51 bits per heavy atom. The van der Waals surface area contributed by atoms with Crippen LogP contribution in [0.3, 0.4) is 0 Å². The molecule has 1 aliphatic rings. The molecule has 350 valence electrons. The fourth-order valence-corrected chi connectivity index (χ4v) is 7.98. The molecule has 11 nitrogen and oxygen atoms in total. The van der Waals surface area contributed by atoms with Crippen molar-refractivity contribution in [3.8, 4) is 45.0 Å². The molecule has 0 aliphatic heterocycles. The smallest absolute Gasteiger partial charge is 0.390 e. The lowest BCUT2D eigenvalue weighted by molar-refractivity contribution is -0.132. The van der Waals surface area contributed by atoms with Crippen molar-refractivity contribution in [1.82, 2.24) is 29.2 Å². The number of carbonyl (C=O) groups excluding carboxylic acids is 1. The second-order valence-corrected chi connectivity index (χ2v) is 16.7. The van der Waals surface area contributed by atoms with Crippen LogP contribution >= 0.6 is 12.2 Å². The first-order valence-electron chi connectivity index (χ1n) is 21.7. The van der Waals surface area contributed by atoms with Crippen molar-refractivity contribution in [2.75, 3.05) is 23.7 Å². The van der Waals surface area contributed by atoms with Crippen LogP contribution in [-0.4, -0.2) is 76.0 Å². The first-order chi connectivity index (χ1) is 32.7. The number of rotatable bonds is 16. The van der Waals surface area contributed by atoms with Gasteiger partial charge in [0.2, 0.25) is 0 Å². The lowest BCUT2D eigenvalue weighted by Crippen LogP contribution is -2.15. The van der Waals surface area contributed by atoms with Crippen LogP contribution in [0, 0.1) is 5.92 Å². The monoisotopic (exact) mass is 950 g/mol. The number of carbonyl (C=O) groups is 1. The minimum absolute atomic E-state index is 0.189. The minimum atomic E-state index is -4.29. The van der Waals surface area contributed by atoms with E-state index in [0.717, 1.165) is 34.3 Å². The lowest BCUT2D eigenvalue weighted by atomic mass is 10.0. The molecule has 4 N–H and O–H groups in total. The van der Waals surface area contributed by atoms with E-state index in [9.17, 15) is 41.4 Å². The number of benzene rings is 4. The molecule has 0 spiro atoms. The second-order valence-electron chi connectivity index (χ2n) is 16.2. The van der Waals surface area contributed by atoms with Gasteiger partial charge in [0.25, 0.3) is 0 Å². The molecule has 9 rings (SSSR count). The van der Waals surface area contributed by atoms with E-state index in [1.165, 1.54) is 12.8 Å². The number of aldehydes is 1. The predicted molar refractivity (Wildman–Crippen MR) is 252 cm³/mol. The highest BCUT2D eigenvalue weighted by molar-refractivity contribution is 7.80. The van der Waals surface area contributed by atoms with Gasteiger partial charge in [-0.2, -0.15) is 36.5 Å². The summed E-state index contributed by atoms with van der Waals surface area (Å²) in [5.74, 6) is 0.712. The molecular weight excluding hydrogens is 907 g/mol. The summed E-state index contributed by atoms with van der Waals surface area (Å²) in [5, 5.41) is 34.7. The van der Waals surface area contributed by atoms with E-state index >= 15 is 0 Å². The molecule has 68 heavy (non-hydrogen) atoms. The number of nitrogens with one attached hydrogen (secondary N) is 2. The summed E-state index contributed by atoms with van der Waals surface area (Å²) >= 11 is 5.60. The molecule has 18 heteroatoms. The van der Waals surface area contributed by atoms with E-state index in [2.05, 4.69) is 25.7 Å². The summed E-state index contributed by atoms with van der Waals surface area (Å²) in [6.45, 7) is -1.01. The van der Waals surface area contributed by atoms with Gasteiger partial charge < -0.3 is 20.8 Å². The van der Waals surface area contributed by atoms with E-state index in [0.29, 0.717) is 79.2 Å². The van der Waals surface area contributed by atoms with Crippen molar-refractivity contribution < 1.29 is 41.4 Å². The van der Waals surface area contributed by atoms with Crippen molar-refractivity contribution in [2.45, 2.75) is 57.7 Å². The van der Waals surface area contributed by atoms with E-state index in [4.69, 9.17) is 17.3 Å². The van der Waals surface area contributed by atoms with Crippen LogP contribution in [-0.2, 0) is 13.2 Å². The van der Waals surface area contributed by atoms with Crippen LogP contribution in [0.4, 0.5) is 37.7 Å². The summed E-state index contributed by atoms with van der Waals surface area (Å²) in [7, 11) is 0. The average Bonchev–Trinajstić information content (AvgIpc) is 3.87. The molecule has 0 unspecified atom stereocenters. The van der Waals surface area contributed by atoms with Crippen molar-refractivity contribution in [3.05, 3.63) is 144 Å². The number of halogens is 6. The molecule has 0 atom stereocenters. The van der Waals surface area contributed by atoms with Crippen LogP contribution in [0.1, 0.15) is 59.2 Å². The standard InChI is InChI=1S/C27H25F3N4OS.C23H19F3N4O2/c28-27(29,30)11-12-31-23-14-22(21-4-2-1-3-20(21)16-35)33-34-24(15-32-26(23)34)18-7-9-19(10-8-18)25(36)13-17-5-6-17;24-23(25,26)9-10-27-20-11-19(18-4-2-1-3-17(18)14-32)29-30-21(12-28-22(20)30)16-7-5-15(13-31)6-8-16/h1-4,7-10,14-15,17,31,35H,5-6,11-13,16H2;1-8,11-13,27,32H,9-10,14H2. The van der Waals surface area contributed by atoms with Gasteiger partial charge in [0.05, 0.1) is 72.6 Å². The van der Waals surface area contributed by atoms with Crippen LogP contribution in [0.15, 0.2) is 122 Å². The number of anilines is 2. The van der Waals surface area contributed by atoms with E-state index < -0.39 is 25.2 Å². The number of alkyl halides is 6. The Balaban J connectivity index is 0.000000185. The van der Waals surface area contributed by atoms with Gasteiger partial charge in [0.1, 0.15) is 6.29 Å². The van der Waals surface area contributed by atoms with Gasteiger partial charge in [-0.15, -0.1) is 0 Å². The molecule has 1 saturated carbocycles. The minimum Gasteiger partial charge on any atom is -0.392 e. The van der Waals surface area contributed by atoms with Gasteiger partial charge in [-0.25, -0.2) is 19.0 Å². The largest absolute Gasteiger partial charge is 0.392 e. The van der Waals surface area contributed by atoms with E-state index in [1.807, 2.05) is 42.5 Å². The van der Waals surface area contributed by atoms with Gasteiger partial charge in [-0.3, -0.25) is 4.79 Å². The molecular formula is C50H44F6N8O3S. The van der Waals surface area contributed by atoms with Crippen molar-refractivity contribution >= 4 is 46.0 Å². The van der Waals surface area contributed by atoms with E-state index in [1.54, 1.807) is 88.2 Å². The Labute approximate surface area is 391 Å². The van der Waals surface area contributed by atoms with Gasteiger partial charge in [0.15, 0.2) is 11.3 Å². The molecule has 1 aliphatic carbocycles. The van der Waals surface area contributed by atoms with Crippen LogP contribution in [0.25, 0.3) is 56.3 Å². The first kappa shape index (κ1) is 47.5. The van der Waals surface area contributed by atoms with Gasteiger partial charge in [0, 0.05) is 45.8 Å². The molecule has 0 amide bonds. The zero-order valence-electron chi connectivity index (χ0n) is 36.2. The number of aromatic nitrogens is 6. The summed E-state index contributed by atoms with van der Waals surface area (Å²) in [6, 6.07) is 32.4. The molecule has 4 aromatic heterocycles. The third-order valence-corrected chi connectivity index (χ3v) is 11.7. The highest BCUT2D eigenvalue weighted by Crippen LogP contribution is 2.35. The zero-order valence-corrected chi connectivity index (χ0v) is 37.0. The second kappa shape index (κ2) is 20.5. The van der Waals surface area contributed by atoms with Gasteiger partial charge in [-0.05, 0) is 54.0 Å². The Morgan fingerprint density at radius 1 is 0.662 bits per heavy atom. The summed E-state index contributed by atoms with van der Waals surface area (Å²) in [6.07, 6.45) is -3.13. The quantitative estimate of drug-likeness (QED) is 0.0320. The van der Waals surface area contributed by atoms with Crippen molar-refractivity contribution in [3.63, 3.8) is 0 Å². The lowest BCUT2D eigenvalue weighted by Gasteiger charge is -2.14. The molecule has 1 fully saturated rings. The van der Waals surface area contributed by atoms with Crippen LogP contribution in [0.5, 0.6) is 0 Å². The number of hydrogen-bond donors (Lipinski definition) is 4. The molecule has 0 radical (unpaired) electrons. The number of hydrogen-bond acceptors (Lipinski definition) is 10. The number of aliphatic hydroxyl groups excluding tert-OH is 2. The normalized spacial score (nSPS) is 12.8. The number of thiocarbonyl (C=S) groups is 1. The molecule has 8 aromatic rings. The Bertz CT molecular complexity index is 3060. The Hall–Kier alpha value is -7.02. The maximum Gasteiger partial charge on any atom is 0.390 e. The third kappa shape index (κ3) is 11.4. The molecule has 0 bridgehead atoms. The maximum absolute atomic E-state index is 12.8. The predicted octanol–water partition coefficient (Wildman–Crippen LogP) is 11.2. The third-order valence-electron chi connectivity index (χ3n) is 11.3. The van der Waals surface area contributed by atoms with Crippen molar-refractivity contribution in [2.24, 2.45) is 5.92 Å². The fourth-order valence-electron chi connectivity index (χ4n) is 7.61. The van der Waals surface area contributed by atoms with E-state index in [-0.39, 0.29) is 26.3 Å². The molecule has 4 heterocycles. The first-order valence-corrected chi connectivity index (χ1v) is 22.1. The molecule has 4 aromatic carbocycles. The SMILES string of the molecule is O=Cc1ccc(-c2cnc3c(NCCC(F)(F)F)cc(-c4ccccc4CO)nn23)cc1.OCc1ccccc1-c1cc(NCCC(F)(F)F)c2ncc(-c3ccc(C(=S)CC4CC4)cc3)n2n1. The zero-order chi connectivity index (χ0) is 48.0. The van der Waals surface area contributed by atoms with Crippen LogP contribution in [0.2, 0.25) is 0 Å². The summed E-state index contributed by atoms with van der Waals surface area (Å²) in [4.78, 5) is 20.8. The summed E-state index contributed by atoms with van der Waals surface area (Å²) in [5.41, 5.74) is 9.72. The number of nitrogens with zero attached hydrogens (tertiary/aromatic N) is 6. The molecule has 0 saturated heterocycles. The Kier molecular flexibility index (Phi) is 14.3. The maximum atomic E-state index is 12.8. The number of imidazole rings is 2. The Morgan fingerprint density at radius 2 is 1.10 bits per heavy atom. The van der Waals surface area contributed by atoms with Gasteiger partial charge >= 0.3 is 12.4 Å². The van der Waals surface area contributed by atoms with Crippen LogP contribution < -0.4 is 10.6 Å². The average molecular weight is 951 g/mol. The van der Waals surface area contributed by atoms with Crippen molar-refractivity contribution in [1.29, 1.82) is 0 Å². The fraction of sp³-hybridized carbons (Fsp3) is 0.240.